The van der Waals surface area contributed by atoms with Gasteiger partial charge in [0.1, 0.15) is 12.4 Å². The summed E-state index contributed by atoms with van der Waals surface area (Å²) < 4.78 is 14.0. The summed E-state index contributed by atoms with van der Waals surface area (Å²) in [6.07, 6.45) is 0. The fourth-order valence-electron chi connectivity index (χ4n) is 5.12. The van der Waals surface area contributed by atoms with Crippen molar-refractivity contribution in [2.24, 2.45) is 11.8 Å². The number of para-hydroxylation sites is 1. The first-order chi connectivity index (χ1) is 14.4. The van der Waals surface area contributed by atoms with E-state index in [0.717, 1.165) is 60.8 Å². The van der Waals surface area contributed by atoms with Gasteiger partial charge in [-0.15, -0.1) is 0 Å². The molecule has 1 saturated heterocycles. The zero-order valence-corrected chi connectivity index (χ0v) is 18.9. The Bertz CT molecular complexity index is 904. The second-order valence-electron chi connectivity index (χ2n) is 9.35. The summed E-state index contributed by atoms with van der Waals surface area (Å²) >= 11 is 0. The minimum atomic E-state index is 0.0211. The molecule has 1 aromatic heterocycles. The average Bonchev–Trinajstić information content (AvgIpc) is 3.02. The van der Waals surface area contributed by atoms with Crippen LogP contribution in [-0.4, -0.2) is 60.9 Å². The van der Waals surface area contributed by atoms with Crippen molar-refractivity contribution in [2.45, 2.75) is 46.7 Å². The van der Waals surface area contributed by atoms with Crippen LogP contribution in [0.15, 0.2) is 18.2 Å². The maximum atomic E-state index is 13.5. The summed E-state index contributed by atoms with van der Waals surface area (Å²) in [5, 5.41) is 4.31. The lowest BCUT2D eigenvalue weighted by atomic mass is 9.93. The second kappa shape index (κ2) is 8.60. The molecule has 0 aliphatic carbocycles. The Labute approximate surface area is 179 Å². The molecule has 0 saturated carbocycles. The SMILES string of the molecule is Cc1c(C(=O)NC(C(C)C)C(C)C)c2cccc3c2n1[C@H](CN1CCOCC1)CO3. The van der Waals surface area contributed by atoms with E-state index in [9.17, 15) is 4.79 Å². The van der Waals surface area contributed by atoms with Gasteiger partial charge in [-0.05, 0) is 24.8 Å². The molecule has 1 fully saturated rings. The number of rotatable bonds is 6. The number of ether oxygens (including phenoxy) is 2. The van der Waals surface area contributed by atoms with Crippen LogP contribution in [0.2, 0.25) is 0 Å². The van der Waals surface area contributed by atoms with Gasteiger partial charge in [-0.2, -0.15) is 0 Å². The van der Waals surface area contributed by atoms with E-state index in [1.165, 1.54) is 0 Å². The lowest BCUT2D eigenvalue weighted by Crippen LogP contribution is -2.42. The van der Waals surface area contributed by atoms with Crippen molar-refractivity contribution in [1.82, 2.24) is 14.8 Å². The average molecular weight is 414 g/mol. The van der Waals surface area contributed by atoms with E-state index in [2.05, 4.69) is 55.5 Å². The van der Waals surface area contributed by atoms with Crippen LogP contribution >= 0.6 is 0 Å². The van der Waals surface area contributed by atoms with Crippen LogP contribution in [0.4, 0.5) is 0 Å². The lowest BCUT2D eigenvalue weighted by Gasteiger charge is -2.34. The molecule has 1 N–H and O–H groups in total. The largest absolute Gasteiger partial charge is 0.489 e. The third-order valence-corrected chi connectivity index (χ3v) is 6.56. The van der Waals surface area contributed by atoms with Gasteiger partial charge in [-0.3, -0.25) is 9.69 Å². The molecule has 164 valence electrons. The van der Waals surface area contributed by atoms with Crippen molar-refractivity contribution in [3.05, 3.63) is 29.5 Å². The number of carbonyl (C=O) groups is 1. The highest BCUT2D eigenvalue weighted by Gasteiger charge is 2.32. The van der Waals surface area contributed by atoms with E-state index in [-0.39, 0.29) is 18.0 Å². The predicted molar refractivity (Wildman–Crippen MR) is 119 cm³/mol. The molecule has 2 aliphatic heterocycles. The van der Waals surface area contributed by atoms with Crippen LogP contribution in [0.5, 0.6) is 5.75 Å². The number of nitrogens with one attached hydrogen (secondary N) is 1. The summed E-state index contributed by atoms with van der Waals surface area (Å²) in [6, 6.07) is 6.38. The van der Waals surface area contributed by atoms with Crippen LogP contribution in [0.25, 0.3) is 10.9 Å². The Kier molecular flexibility index (Phi) is 6.07. The third kappa shape index (κ3) is 3.83. The lowest BCUT2D eigenvalue weighted by molar-refractivity contribution is 0.0272. The Morgan fingerprint density at radius 3 is 2.53 bits per heavy atom. The van der Waals surface area contributed by atoms with Crippen LogP contribution in [0.1, 0.15) is 49.8 Å². The minimum absolute atomic E-state index is 0.0211. The van der Waals surface area contributed by atoms with Gasteiger partial charge >= 0.3 is 0 Å². The molecule has 30 heavy (non-hydrogen) atoms. The molecular weight excluding hydrogens is 378 g/mol. The van der Waals surface area contributed by atoms with E-state index >= 15 is 0 Å². The molecule has 2 aliphatic rings. The van der Waals surface area contributed by atoms with Crippen molar-refractivity contribution in [3.63, 3.8) is 0 Å². The molecule has 0 radical (unpaired) electrons. The minimum Gasteiger partial charge on any atom is -0.489 e. The fourth-order valence-corrected chi connectivity index (χ4v) is 5.12. The number of hydrogen-bond acceptors (Lipinski definition) is 4. The summed E-state index contributed by atoms with van der Waals surface area (Å²) in [5.41, 5.74) is 2.87. The Hall–Kier alpha value is -2.05. The molecule has 0 spiro atoms. The van der Waals surface area contributed by atoms with Crippen LogP contribution in [0, 0.1) is 18.8 Å². The van der Waals surface area contributed by atoms with Crippen molar-refractivity contribution >= 4 is 16.8 Å². The molecule has 2 aromatic rings. The highest BCUT2D eigenvalue weighted by atomic mass is 16.5. The summed E-state index contributed by atoms with van der Waals surface area (Å²) in [6.45, 7) is 15.7. The maximum absolute atomic E-state index is 13.5. The quantitative estimate of drug-likeness (QED) is 0.786. The Morgan fingerprint density at radius 2 is 1.87 bits per heavy atom. The van der Waals surface area contributed by atoms with Gasteiger partial charge < -0.3 is 19.4 Å². The Morgan fingerprint density at radius 1 is 1.17 bits per heavy atom. The van der Waals surface area contributed by atoms with Gasteiger partial charge in [0.2, 0.25) is 0 Å². The highest BCUT2D eigenvalue weighted by Crippen LogP contribution is 2.39. The van der Waals surface area contributed by atoms with Gasteiger partial charge in [0, 0.05) is 36.8 Å². The first-order valence-electron chi connectivity index (χ1n) is 11.3. The molecule has 6 heteroatoms. The van der Waals surface area contributed by atoms with Crippen LogP contribution < -0.4 is 10.1 Å². The highest BCUT2D eigenvalue weighted by molar-refractivity contribution is 6.10. The molecule has 3 heterocycles. The number of carbonyl (C=O) groups excluding carboxylic acids is 1. The molecule has 0 bridgehead atoms. The number of aromatic nitrogens is 1. The topological polar surface area (TPSA) is 55.7 Å². The van der Waals surface area contributed by atoms with Gasteiger partial charge in [-0.1, -0.05) is 39.8 Å². The first kappa shape index (κ1) is 21.2. The number of nitrogens with zero attached hydrogens (tertiary/aromatic N) is 2. The van der Waals surface area contributed by atoms with Gasteiger partial charge in [-0.25, -0.2) is 0 Å². The monoisotopic (exact) mass is 413 g/mol. The van der Waals surface area contributed by atoms with Crippen LogP contribution in [-0.2, 0) is 4.74 Å². The van der Waals surface area contributed by atoms with E-state index in [1.54, 1.807) is 0 Å². The molecule has 6 nitrogen and oxygen atoms in total. The van der Waals surface area contributed by atoms with E-state index < -0.39 is 0 Å². The van der Waals surface area contributed by atoms with Crippen molar-refractivity contribution in [1.29, 1.82) is 0 Å². The molecule has 0 unspecified atom stereocenters. The maximum Gasteiger partial charge on any atom is 0.253 e. The molecule has 1 aromatic carbocycles. The number of morpholine rings is 1. The van der Waals surface area contributed by atoms with E-state index in [1.807, 2.05) is 12.1 Å². The Balaban J connectivity index is 1.71. The van der Waals surface area contributed by atoms with E-state index in [0.29, 0.717) is 18.4 Å². The first-order valence-corrected chi connectivity index (χ1v) is 11.3. The third-order valence-electron chi connectivity index (χ3n) is 6.56. The fraction of sp³-hybridized carbons (Fsp3) is 0.625. The van der Waals surface area contributed by atoms with Crippen molar-refractivity contribution < 1.29 is 14.3 Å². The number of hydrogen-bond donors (Lipinski definition) is 1. The number of benzene rings is 1. The molecule has 1 amide bonds. The second-order valence-corrected chi connectivity index (χ2v) is 9.35. The smallest absolute Gasteiger partial charge is 0.253 e. The van der Waals surface area contributed by atoms with Crippen molar-refractivity contribution in [2.75, 3.05) is 39.5 Å². The predicted octanol–water partition coefficient (Wildman–Crippen LogP) is 3.63. The summed E-state index contributed by atoms with van der Waals surface area (Å²) in [5.74, 6) is 1.66. The van der Waals surface area contributed by atoms with Gasteiger partial charge in [0.15, 0.2) is 0 Å². The molecule has 4 rings (SSSR count). The van der Waals surface area contributed by atoms with Gasteiger partial charge in [0.05, 0.1) is 30.3 Å². The molecular formula is C24H35N3O3. The zero-order valence-electron chi connectivity index (χ0n) is 18.9. The summed E-state index contributed by atoms with van der Waals surface area (Å²) in [4.78, 5) is 15.9. The van der Waals surface area contributed by atoms with E-state index in [4.69, 9.17) is 9.47 Å². The molecule has 1 atom stereocenters. The summed E-state index contributed by atoms with van der Waals surface area (Å²) in [7, 11) is 0. The van der Waals surface area contributed by atoms with Gasteiger partial charge in [0.25, 0.3) is 5.91 Å². The van der Waals surface area contributed by atoms with Crippen molar-refractivity contribution in [3.8, 4) is 5.75 Å². The normalized spacial score (nSPS) is 19.7. The zero-order chi connectivity index (χ0) is 21.4. The standard InChI is InChI=1S/C24H35N3O3/c1-15(2)22(16(3)4)25-24(28)21-17(5)27-18(13-26-9-11-29-12-10-26)14-30-20-8-6-7-19(21)23(20)27/h6-8,15-16,18,22H,9-14H2,1-5H3,(H,25,28)/t18-/m1/s1. The number of amides is 1. The van der Waals surface area contributed by atoms with Crippen LogP contribution in [0.3, 0.4) is 0 Å².